The fourth-order valence-corrected chi connectivity index (χ4v) is 1.42. The SMILES string of the molecule is Cc1cccc(NCCO)c1NCCO. The van der Waals surface area contributed by atoms with Crippen LogP contribution in [-0.2, 0) is 0 Å². The van der Waals surface area contributed by atoms with Gasteiger partial charge in [-0.25, -0.2) is 0 Å². The molecule has 0 saturated heterocycles. The van der Waals surface area contributed by atoms with E-state index in [2.05, 4.69) is 10.6 Å². The van der Waals surface area contributed by atoms with Gasteiger partial charge in [-0.1, -0.05) is 12.1 Å². The van der Waals surface area contributed by atoms with Crippen LogP contribution in [0.2, 0.25) is 0 Å². The summed E-state index contributed by atoms with van der Waals surface area (Å²) in [6.07, 6.45) is 0. The smallest absolute Gasteiger partial charge is 0.0606 e. The minimum absolute atomic E-state index is 0.105. The molecule has 84 valence electrons. The Labute approximate surface area is 89.9 Å². The predicted octanol–water partition coefficient (Wildman–Crippen LogP) is 0.803. The highest BCUT2D eigenvalue weighted by atomic mass is 16.3. The number of hydrogen-bond donors (Lipinski definition) is 4. The summed E-state index contributed by atoms with van der Waals surface area (Å²) >= 11 is 0. The molecule has 0 fully saturated rings. The van der Waals surface area contributed by atoms with Gasteiger partial charge in [0.1, 0.15) is 0 Å². The lowest BCUT2D eigenvalue weighted by Crippen LogP contribution is -2.12. The highest BCUT2D eigenvalue weighted by Gasteiger charge is 2.03. The zero-order valence-electron chi connectivity index (χ0n) is 8.95. The minimum Gasteiger partial charge on any atom is -0.395 e. The largest absolute Gasteiger partial charge is 0.395 e. The lowest BCUT2D eigenvalue weighted by molar-refractivity contribution is 0.310. The summed E-state index contributed by atoms with van der Waals surface area (Å²) in [6, 6.07) is 5.91. The standard InChI is InChI=1S/C11H18N2O2/c1-9-3-2-4-10(12-5-7-14)11(9)13-6-8-15/h2-4,12-15H,5-8H2,1H3. The van der Waals surface area contributed by atoms with Gasteiger partial charge in [0.15, 0.2) is 0 Å². The van der Waals surface area contributed by atoms with Gasteiger partial charge in [0, 0.05) is 13.1 Å². The van der Waals surface area contributed by atoms with Gasteiger partial charge in [-0.15, -0.1) is 0 Å². The summed E-state index contributed by atoms with van der Waals surface area (Å²) in [7, 11) is 0. The van der Waals surface area contributed by atoms with E-state index in [0.717, 1.165) is 16.9 Å². The van der Waals surface area contributed by atoms with E-state index in [-0.39, 0.29) is 13.2 Å². The second kappa shape index (κ2) is 6.27. The summed E-state index contributed by atoms with van der Waals surface area (Å²) in [5.41, 5.74) is 3.06. The molecule has 1 aromatic rings. The van der Waals surface area contributed by atoms with Crippen LogP contribution in [0.3, 0.4) is 0 Å². The van der Waals surface area contributed by atoms with Crippen molar-refractivity contribution in [3.05, 3.63) is 23.8 Å². The molecular formula is C11H18N2O2. The summed E-state index contributed by atoms with van der Waals surface area (Å²) < 4.78 is 0. The summed E-state index contributed by atoms with van der Waals surface area (Å²) in [6.45, 7) is 3.26. The molecule has 0 amide bonds. The molecule has 0 unspecified atom stereocenters. The molecule has 0 saturated carbocycles. The minimum atomic E-state index is 0.105. The van der Waals surface area contributed by atoms with Crippen molar-refractivity contribution >= 4 is 11.4 Å². The molecule has 4 heteroatoms. The molecule has 1 aromatic carbocycles. The number of anilines is 2. The Balaban J connectivity index is 2.77. The van der Waals surface area contributed by atoms with Crippen molar-refractivity contribution in [3.8, 4) is 0 Å². The first-order valence-corrected chi connectivity index (χ1v) is 5.08. The molecular weight excluding hydrogens is 192 g/mol. The molecule has 0 aliphatic carbocycles. The molecule has 4 N–H and O–H groups in total. The lowest BCUT2D eigenvalue weighted by atomic mass is 10.1. The Morgan fingerprint density at radius 2 is 1.73 bits per heavy atom. The van der Waals surface area contributed by atoms with Crippen molar-refractivity contribution in [2.45, 2.75) is 6.92 Å². The third-order valence-corrected chi connectivity index (χ3v) is 2.11. The van der Waals surface area contributed by atoms with Crippen LogP contribution in [0.1, 0.15) is 5.56 Å². The van der Waals surface area contributed by atoms with Crippen LogP contribution in [0.5, 0.6) is 0 Å². The molecule has 4 nitrogen and oxygen atoms in total. The number of para-hydroxylation sites is 1. The monoisotopic (exact) mass is 210 g/mol. The van der Waals surface area contributed by atoms with Gasteiger partial charge in [0.05, 0.1) is 24.6 Å². The van der Waals surface area contributed by atoms with Crippen molar-refractivity contribution in [1.82, 2.24) is 0 Å². The lowest BCUT2D eigenvalue weighted by Gasteiger charge is -2.15. The molecule has 0 aliphatic heterocycles. The van der Waals surface area contributed by atoms with Crippen LogP contribution in [0.4, 0.5) is 11.4 Å². The first-order chi connectivity index (χ1) is 7.29. The van der Waals surface area contributed by atoms with E-state index in [1.165, 1.54) is 0 Å². The second-order valence-electron chi connectivity index (χ2n) is 3.30. The maximum absolute atomic E-state index is 8.76. The molecule has 0 bridgehead atoms. The first-order valence-electron chi connectivity index (χ1n) is 5.08. The van der Waals surface area contributed by atoms with E-state index in [1.54, 1.807) is 0 Å². The fraction of sp³-hybridized carbons (Fsp3) is 0.455. The van der Waals surface area contributed by atoms with Gasteiger partial charge in [0.2, 0.25) is 0 Å². The van der Waals surface area contributed by atoms with E-state index in [1.807, 2.05) is 25.1 Å². The quantitative estimate of drug-likeness (QED) is 0.561. The molecule has 0 radical (unpaired) electrons. The molecule has 1 rings (SSSR count). The summed E-state index contributed by atoms with van der Waals surface area (Å²) in [4.78, 5) is 0. The normalized spacial score (nSPS) is 10.1. The molecule has 0 aliphatic rings. The third kappa shape index (κ3) is 3.42. The molecule has 0 heterocycles. The van der Waals surface area contributed by atoms with Crippen LogP contribution in [0, 0.1) is 6.92 Å². The van der Waals surface area contributed by atoms with E-state index in [0.29, 0.717) is 13.1 Å². The highest BCUT2D eigenvalue weighted by molar-refractivity contribution is 5.72. The molecule has 0 spiro atoms. The van der Waals surface area contributed by atoms with E-state index < -0.39 is 0 Å². The molecule has 0 aromatic heterocycles. The van der Waals surface area contributed by atoms with Crippen LogP contribution in [0.25, 0.3) is 0 Å². The van der Waals surface area contributed by atoms with Gasteiger partial charge in [-0.05, 0) is 18.6 Å². The van der Waals surface area contributed by atoms with Crippen molar-refractivity contribution in [2.75, 3.05) is 36.9 Å². The number of aryl methyl sites for hydroxylation is 1. The van der Waals surface area contributed by atoms with E-state index >= 15 is 0 Å². The Bertz CT molecular complexity index is 303. The summed E-state index contributed by atoms with van der Waals surface area (Å²) in [5.74, 6) is 0. The number of nitrogens with one attached hydrogen (secondary N) is 2. The van der Waals surface area contributed by atoms with Gasteiger partial charge in [0.25, 0.3) is 0 Å². The van der Waals surface area contributed by atoms with Crippen molar-refractivity contribution in [3.63, 3.8) is 0 Å². The number of aliphatic hydroxyl groups is 2. The van der Waals surface area contributed by atoms with Gasteiger partial charge in [-0.3, -0.25) is 0 Å². The average Bonchev–Trinajstić information content (AvgIpc) is 2.25. The zero-order valence-corrected chi connectivity index (χ0v) is 8.95. The number of rotatable bonds is 6. The number of aliphatic hydroxyl groups excluding tert-OH is 2. The number of hydrogen-bond acceptors (Lipinski definition) is 4. The fourth-order valence-electron chi connectivity index (χ4n) is 1.42. The Morgan fingerprint density at radius 3 is 2.40 bits per heavy atom. The highest BCUT2D eigenvalue weighted by Crippen LogP contribution is 2.25. The van der Waals surface area contributed by atoms with Gasteiger partial charge in [-0.2, -0.15) is 0 Å². The van der Waals surface area contributed by atoms with Crippen molar-refractivity contribution in [2.24, 2.45) is 0 Å². The maximum atomic E-state index is 8.76. The third-order valence-electron chi connectivity index (χ3n) is 2.11. The van der Waals surface area contributed by atoms with Gasteiger partial charge < -0.3 is 20.8 Å². The first kappa shape index (κ1) is 11.8. The van der Waals surface area contributed by atoms with Crippen LogP contribution >= 0.6 is 0 Å². The predicted molar refractivity (Wildman–Crippen MR) is 62.3 cm³/mol. The van der Waals surface area contributed by atoms with Gasteiger partial charge >= 0.3 is 0 Å². The van der Waals surface area contributed by atoms with Crippen LogP contribution in [0.15, 0.2) is 18.2 Å². The topological polar surface area (TPSA) is 64.5 Å². The maximum Gasteiger partial charge on any atom is 0.0606 e. The van der Waals surface area contributed by atoms with E-state index in [9.17, 15) is 0 Å². The number of benzene rings is 1. The van der Waals surface area contributed by atoms with E-state index in [4.69, 9.17) is 10.2 Å². The molecule has 15 heavy (non-hydrogen) atoms. The Morgan fingerprint density at radius 1 is 1.07 bits per heavy atom. The Hall–Kier alpha value is -1.26. The van der Waals surface area contributed by atoms with Crippen LogP contribution in [-0.4, -0.2) is 36.5 Å². The van der Waals surface area contributed by atoms with Crippen molar-refractivity contribution in [1.29, 1.82) is 0 Å². The Kier molecular flexibility index (Phi) is 4.93. The second-order valence-corrected chi connectivity index (χ2v) is 3.30. The zero-order chi connectivity index (χ0) is 11.1. The average molecular weight is 210 g/mol. The summed E-state index contributed by atoms with van der Waals surface area (Å²) in [5, 5.41) is 23.8. The van der Waals surface area contributed by atoms with Crippen LogP contribution < -0.4 is 10.6 Å². The molecule has 0 atom stereocenters. The van der Waals surface area contributed by atoms with Crippen molar-refractivity contribution < 1.29 is 10.2 Å².